The van der Waals surface area contributed by atoms with E-state index >= 15 is 0 Å². The Morgan fingerprint density at radius 1 is 1.42 bits per heavy atom. The lowest BCUT2D eigenvalue weighted by Crippen LogP contribution is -2.27. The zero-order chi connectivity index (χ0) is 13.8. The van der Waals surface area contributed by atoms with Gasteiger partial charge >= 0.3 is 0 Å². The lowest BCUT2D eigenvalue weighted by Gasteiger charge is -2.12. The molecule has 0 saturated carbocycles. The molecule has 0 aromatic carbocycles. The largest absolute Gasteiger partial charge is 0.444 e. The highest BCUT2D eigenvalue weighted by atomic mass is 16.4. The number of hydrogen-bond donors (Lipinski definition) is 2. The van der Waals surface area contributed by atoms with E-state index in [1.807, 2.05) is 13.8 Å². The van der Waals surface area contributed by atoms with E-state index < -0.39 is 0 Å². The Hall–Kier alpha value is -2.37. The Labute approximate surface area is 111 Å². The van der Waals surface area contributed by atoms with Crippen molar-refractivity contribution in [2.45, 2.75) is 19.9 Å². The Bertz CT molecular complexity index is 580. The molecule has 0 saturated heterocycles. The molecular weight excluding hydrogens is 244 g/mol. The maximum Gasteiger partial charge on any atom is 0.255 e. The van der Waals surface area contributed by atoms with Crippen molar-refractivity contribution in [3.05, 3.63) is 41.7 Å². The number of anilines is 1. The summed E-state index contributed by atoms with van der Waals surface area (Å²) >= 11 is 0. The van der Waals surface area contributed by atoms with Crippen molar-refractivity contribution < 1.29 is 9.21 Å². The average molecular weight is 260 g/mol. The van der Waals surface area contributed by atoms with Crippen LogP contribution in [0.15, 0.2) is 28.9 Å². The summed E-state index contributed by atoms with van der Waals surface area (Å²) < 4.78 is 5.38. The third-order valence-electron chi connectivity index (χ3n) is 2.65. The van der Waals surface area contributed by atoms with Gasteiger partial charge in [0.05, 0.1) is 11.8 Å². The van der Waals surface area contributed by atoms with Gasteiger partial charge in [-0.25, -0.2) is 9.97 Å². The number of nitrogens with one attached hydrogen (secondary N) is 2. The highest BCUT2D eigenvalue weighted by molar-refractivity contribution is 5.98. The smallest absolute Gasteiger partial charge is 0.255 e. The van der Waals surface area contributed by atoms with Crippen LogP contribution in [-0.4, -0.2) is 22.9 Å². The third kappa shape index (κ3) is 2.90. The number of carbonyl (C=O) groups is 1. The molecule has 2 heterocycles. The number of rotatable bonds is 4. The molecule has 0 spiro atoms. The van der Waals surface area contributed by atoms with Gasteiger partial charge in [0.25, 0.3) is 5.91 Å². The first-order chi connectivity index (χ1) is 9.11. The number of pyridine rings is 1. The van der Waals surface area contributed by atoms with Gasteiger partial charge in [0.15, 0.2) is 0 Å². The number of aromatic nitrogens is 2. The fraction of sp³-hybridized carbons (Fsp3) is 0.308. The van der Waals surface area contributed by atoms with E-state index in [-0.39, 0.29) is 11.9 Å². The van der Waals surface area contributed by atoms with E-state index in [4.69, 9.17) is 4.42 Å². The van der Waals surface area contributed by atoms with Crippen LogP contribution in [0.25, 0.3) is 0 Å². The molecule has 0 fully saturated rings. The third-order valence-corrected chi connectivity index (χ3v) is 2.65. The van der Waals surface area contributed by atoms with Crippen LogP contribution in [0, 0.1) is 6.92 Å². The van der Waals surface area contributed by atoms with Crippen LogP contribution in [0.5, 0.6) is 0 Å². The van der Waals surface area contributed by atoms with Crippen molar-refractivity contribution >= 4 is 11.7 Å². The van der Waals surface area contributed by atoms with Crippen LogP contribution in [0.4, 0.5) is 5.82 Å². The van der Waals surface area contributed by atoms with E-state index in [0.717, 1.165) is 0 Å². The molecule has 0 radical (unpaired) electrons. The number of nitrogens with zero attached hydrogens (tertiary/aromatic N) is 2. The zero-order valence-corrected chi connectivity index (χ0v) is 11.1. The molecule has 0 aliphatic heterocycles. The lowest BCUT2D eigenvalue weighted by atomic mass is 10.2. The van der Waals surface area contributed by atoms with Crippen LogP contribution in [0.1, 0.15) is 35.0 Å². The van der Waals surface area contributed by atoms with Crippen molar-refractivity contribution in [3.8, 4) is 0 Å². The van der Waals surface area contributed by atoms with Gasteiger partial charge in [-0.1, -0.05) is 0 Å². The maximum absolute atomic E-state index is 12.2. The first-order valence-electron chi connectivity index (χ1n) is 5.97. The van der Waals surface area contributed by atoms with Gasteiger partial charge in [-0.3, -0.25) is 4.79 Å². The van der Waals surface area contributed by atoms with E-state index in [1.165, 1.54) is 0 Å². The number of amides is 1. The predicted molar refractivity (Wildman–Crippen MR) is 70.9 cm³/mol. The Morgan fingerprint density at radius 2 is 2.21 bits per heavy atom. The molecule has 1 unspecified atom stereocenters. The molecule has 2 aromatic heterocycles. The summed E-state index contributed by atoms with van der Waals surface area (Å²) in [7, 11) is 1.72. The molecule has 100 valence electrons. The number of oxazole rings is 1. The fourth-order valence-corrected chi connectivity index (χ4v) is 1.70. The standard InChI is InChI=1S/C13H16N4O2/c1-8-7-16-13(19-8)9(2)17-12(18)10-5-4-6-15-11(10)14-3/h4-7,9H,1-3H3,(H,14,15)(H,17,18). The lowest BCUT2D eigenvalue weighted by molar-refractivity contribution is 0.0934. The molecule has 1 amide bonds. The number of carbonyl (C=O) groups excluding carboxylic acids is 1. The molecule has 2 aromatic rings. The molecule has 0 bridgehead atoms. The summed E-state index contributed by atoms with van der Waals surface area (Å²) in [6.07, 6.45) is 3.25. The molecule has 2 rings (SSSR count). The summed E-state index contributed by atoms with van der Waals surface area (Å²) in [4.78, 5) is 20.3. The Balaban J connectivity index is 2.12. The van der Waals surface area contributed by atoms with E-state index in [1.54, 1.807) is 31.6 Å². The first kappa shape index (κ1) is 13.1. The van der Waals surface area contributed by atoms with Crippen LogP contribution in [-0.2, 0) is 0 Å². The van der Waals surface area contributed by atoms with Gasteiger partial charge < -0.3 is 15.1 Å². The second-order valence-electron chi connectivity index (χ2n) is 4.15. The van der Waals surface area contributed by atoms with E-state index in [9.17, 15) is 4.79 Å². The summed E-state index contributed by atoms with van der Waals surface area (Å²) in [5.41, 5.74) is 0.486. The van der Waals surface area contributed by atoms with Gasteiger partial charge in [-0.05, 0) is 26.0 Å². The Kier molecular flexibility index (Phi) is 3.79. The zero-order valence-electron chi connectivity index (χ0n) is 11.1. The SMILES string of the molecule is CNc1ncccc1C(=O)NC(C)c1ncc(C)o1. The summed E-state index contributed by atoms with van der Waals surface area (Å²) in [6, 6.07) is 3.13. The van der Waals surface area contributed by atoms with Crippen molar-refractivity contribution in [2.75, 3.05) is 12.4 Å². The highest BCUT2D eigenvalue weighted by Crippen LogP contribution is 2.15. The number of aryl methyl sites for hydroxylation is 1. The first-order valence-corrected chi connectivity index (χ1v) is 5.97. The normalized spacial score (nSPS) is 11.9. The van der Waals surface area contributed by atoms with Gasteiger partial charge in [0.2, 0.25) is 5.89 Å². The molecule has 19 heavy (non-hydrogen) atoms. The van der Waals surface area contributed by atoms with Crippen LogP contribution in [0.2, 0.25) is 0 Å². The van der Waals surface area contributed by atoms with Crippen molar-refractivity contribution in [2.24, 2.45) is 0 Å². The van der Waals surface area contributed by atoms with Crippen LogP contribution in [0.3, 0.4) is 0 Å². The van der Waals surface area contributed by atoms with Crippen molar-refractivity contribution in [3.63, 3.8) is 0 Å². The quantitative estimate of drug-likeness (QED) is 0.877. The minimum atomic E-state index is -0.300. The second-order valence-corrected chi connectivity index (χ2v) is 4.15. The van der Waals surface area contributed by atoms with E-state index in [2.05, 4.69) is 20.6 Å². The maximum atomic E-state index is 12.2. The molecule has 2 N–H and O–H groups in total. The summed E-state index contributed by atoms with van der Waals surface area (Å²) in [5, 5.41) is 5.71. The minimum Gasteiger partial charge on any atom is -0.444 e. The van der Waals surface area contributed by atoms with Gasteiger partial charge in [0.1, 0.15) is 17.6 Å². The highest BCUT2D eigenvalue weighted by Gasteiger charge is 2.17. The molecular formula is C13H16N4O2. The predicted octanol–water partition coefficient (Wildman–Crippen LogP) is 1.91. The van der Waals surface area contributed by atoms with Gasteiger partial charge in [-0.2, -0.15) is 0 Å². The van der Waals surface area contributed by atoms with Crippen LogP contribution >= 0.6 is 0 Å². The minimum absolute atomic E-state index is 0.221. The molecule has 6 heteroatoms. The molecule has 0 aliphatic rings. The average Bonchev–Trinajstić information content (AvgIpc) is 2.85. The van der Waals surface area contributed by atoms with Gasteiger partial charge in [0, 0.05) is 13.2 Å². The summed E-state index contributed by atoms with van der Waals surface area (Å²) in [6.45, 7) is 3.63. The summed E-state index contributed by atoms with van der Waals surface area (Å²) in [5.74, 6) is 1.52. The topological polar surface area (TPSA) is 80.0 Å². The monoisotopic (exact) mass is 260 g/mol. The number of hydrogen-bond acceptors (Lipinski definition) is 5. The molecule has 0 aliphatic carbocycles. The van der Waals surface area contributed by atoms with Crippen molar-refractivity contribution in [1.29, 1.82) is 0 Å². The van der Waals surface area contributed by atoms with E-state index in [0.29, 0.717) is 23.0 Å². The fourth-order valence-electron chi connectivity index (χ4n) is 1.70. The van der Waals surface area contributed by atoms with Crippen molar-refractivity contribution in [1.82, 2.24) is 15.3 Å². The van der Waals surface area contributed by atoms with Gasteiger partial charge in [-0.15, -0.1) is 0 Å². The Morgan fingerprint density at radius 3 is 2.84 bits per heavy atom. The van der Waals surface area contributed by atoms with Crippen LogP contribution < -0.4 is 10.6 Å². The second kappa shape index (κ2) is 5.51. The molecule has 1 atom stereocenters. The molecule has 6 nitrogen and oxygen atoms in total.